The quantitative estimate of drug-likeness (QED) is 0.355. The van der Waals surface area contributed by atoms with Crippen LogP contribution in [0.3, 0.4) is 0 Å². The Hall–Kier alpha value is -1.12. The van der Waals surface area contributed by atoms with Crippen molar-refractivity contribution < 1.29 is 9.59 Å². The predicted octanol–water partition coefficient (Wildman–Crippen LogP) is 1.87. The fourth-order valence-corrected chi connectivity index (χ4v) is 1.54. The molecule has 1 unspecified atom stereocenters. The van der Waals surface area contributed by atoms with Gasteiger partial charge in [0.15, 0.2) is 0 Å². The van der Waals surface area contributed by atoms with Crippen LogP contribution in [0.15, 0.2) is 50.6 Å². The average Bonchev–Trinajstić information content (AvgIpc) is 2.17. The Morgan fingerprint density at radius 1 is 0.929 bits per heavy atom. The first kappa shape index (κ1) is 12.9. The molecule has 0 saturated heterocycles. The first-order chi connectivity index (χ1) is 6.66. The fourth-order valence-electron chi connectivity index (χ4n) is 1.54. The Morgan fingerprint density at radius 3 is 1.50 bits per heavy atom. The van der Waals surface area contributed by atoms with Gasteiger partial charge in [-0.15, -0.1) is 0 Å². The maximum absolute atomic E-state index is 9.87. The summed E-state index contributed by atoms with van der Waals surface area (Å²) in [5, 5.41) is 9.87. The van der Waals surface area contributed by atoms with Crippen LogP contribution in [0.2, 0.25) is 0 Å². The minimum Gasteiger partial charge on any atom is -0.341 e. The lowest BCUT2D eigenvalue weighted by Crippen LogP contribution is -2.55. The predicted molar refractivity (Wildman–Crippen MR) is 61.7 cm³/mol. The summed E-state index contributed by atoms with van der Waals surface area (Å²) in [6.45, 7) is 16.7. The van der Waals surface area contributed by atoms with Gasteiger partial charge in [0.25, 0.3) is 0 Å². The van der Waals surface area contributed by atoms with Crippen molar-refractivity contribution in [2.24, 2.45) is 0 Å². The van der Waals surface area contributed by atoms with E-state index in [2.05, 4.69) is 26.3 Å². The molecule has 0 rings (SSSR count). The second-order valence-electron chi connectivity index (χ2n) is 3.28. The third kappa shape index (κ3) is 2.98. The first-order valence-corrected chi connectivity index (χ1v) is 4.66. The molecule has 78 valence electrons. The molecule has 0 bridgehead atoms. The lowest BCUT2D eigenvalue weighted by molar-refractivity contribution is -0.949. The van der Waals surface area contributed by atoms with E-state index < -0.39 is 6.23 Å². The molecule has 14 heavy (non-hydrogen) atoms. The van der Waals surface area contributed by atoms with E-state index in [0.717, 1.165) is 0 Å². The number of hydrogen-bond acceptors (Lipinski definition) is 1. The molecule has 0 aromatic carbocycles. The van der Waals surface area contributed by atoms with Crippen molar-refractivity contribution in [3.63, 3.8) is 0 Å². The summed E-state index contributed by atoms with van der Waals surface area (Å²) in [6.07, 6.45) is 6.30. The second kappa shape index (κ2) is 6.35. The van der Waals surface area contributed by atoms with E-state index in [1.807, 2.05) is 0 Å². The van der Waals surface area contributed by atoms with Crippen LogP contribution in [0.4, 0.5) is 0 Å². The van der Waals surface area contributed by atoms with Gasteiger partial charge in [-0.1, -0.05) is 26.3 Å². The summed E-state index contributed by atoms with van der Waals surface area (Å²) in [4.78, 5) is 0. The molecular weight excluding hydrogens is 174 g/mol. The van der Waals surface area contributed by atoms with Crippen molar-refractivity contribution in [1.82, 2.24) is 0 Å². The largest absolute Gasteiger partial charge is 0.341 e. The molecule has 0 aliphatic heterocycles. The summed E-state index contributed by atoms with van der Waals surface area (Å²) >= 11 is 0. The monoisotopic (exact) mass is 194 g/mol. The Bertz CT molecular complexity index is 194. The molecule has 0 aliphatic carbocycles. The van der Waals surface area contributed by atoms with Crippen molar-refractivity contribution in [2.45, 2.75) is 6.23 Å². The number of aliphatic hydroxyl groups excluding tert-OH is 1. The highest BCUT2D eigenvalue weighted by Gasteiger charge is 2.29. The zero-order valence-electron chi connectivity index (χ0n) is 8.73. The van der Waals surface area contributed by atoms with E-state index in [9.17, 15) is 5.11 Å². The zero-order chi connectivity index (χ0) is 11.0. The summed E-state index contributed by atoms with van der Waals surface area (Å²) < 4.78 is 0.444. The second-order valence-corrected chi connectivity index (χ2v) is 3.28. The van der Waals surface area contributed by atoms with Crippen LogP contribution in [0.5, 0.6) is 0 Å². The maximum Gasteiger partial charge on any atom is 0.210 e. The van der Waals surface area contributed by atoms with E-state index in [4.69, 9.17) is 0 Å². The van der Waals surface area contributed by atoms with Crippen LogP contribution in [-0.4, -0.2) is 35.5 Å². The molecule has 0 radical (unpaired) electrons. The SMILES string of the molecule is C=CC[N+](CC=C)(CC=C)C(O)C=C. The fraction of sp³-hybridized carbons (Fsp3) is 0.333. The van der Waals surface area contributed by atoms with Gasteiger partial charge in [-0.3, -0.25) is 4.48 Å². The minimum absolute atomic E-state index is 0.444. The molecule has 1 N–H and O–H groups in total. The Labute approximate surface area is 86.8 Å². The third-order valence-electron chi connectivity index (χ3n) is 2.25. The van der Waals surface area contributed by atoms with Crippen LogP contribution < -0.4 is 0 Å². The first-order valence-electron chi connectivity index (χ1n) is 4.66. The molecule has 0 spiro atoms. The van der Waals surface area contributed by atoms with E-state index in [1.54, 1.807) is 18.2 Å². The highest BCUT2D eigenvalue weighted by Crippen LogP contribution is 2.13. The number of rotatable bonds is 8. The normalized spacial score (nSPS) is 12.9. The molecule has 0 amide bonds. The lowest BCUT2D eigenvalue weighted by Gasteiger charge is -2.38. The van der Waals surface area contributed by atoms with Crippen LogP contribution in [-0.2, 0) is 0 Å². The standard InChI is InChI=1S/C12H20NO/c1-5-9-13(10-6-2,11-7-3)12(14)8-4/h5-8,12,14H,1-4,9-11H2/q+1. The van der Waals surface area contributed by atoms with E-state index in [-0.39, 0.29) is 0 Å². The molecule has 0 heterocycles. The highest BCUT2D eigenvalue weighted by molar-refractivity contribution is 4.82. The van der Waals surface area contributed by atoms with Crippen LogP contribution >= 0.6 is 0 Å². The summed E-state index contributed by atoms with van der Waals surface area (Å²) in [5.41, 5.74) is 0. The lowest BCUT2D eigenvalue weighted by atomic mass is 10.2. The van der Waals surface area contributed by atoms with E-state index in [0.29, 0.717) is 24.1 Å². The summed E-state index contributed by atoms with van der Waals surface area (Å²) in [7, 11) is 0. The van der Waals surface area contributed by atoms with Crippen molar-refractivity contribution in [3.8, 4) is 0 Å². The van der Waals surface area contributed by atoms with Gasteiger partial charge in [0, 0.05) is 0 Å². The average molecular weight is 194 g/mol. The summed E-state index contributed by atoms with van der Waals surface area (Å²) in [6, 6.07) is 0. The van der Waals surface area contributed by atoms with Crippen molar-refractivity contribution in [2.75, 3.05) is 19.6 Å². The van der Waals surface area contributed by atoms with Gasteiger partial charge in [-0.25, -0.2) is 0 Å². The number of hydrogen-bond donors (Lipinski definition) is 1. The number of nitrogens with zero attached hydrogens (tertiary/aromatic N) is 1. The van der Waals surface area contributed by atoms with Gasteiger partial charge in [0.1, 0.15) is 0 Å². The van der Waals surface area contributed by atoms with Gasteiger partial charge >= 0.3 is 0 Å². The Kier molecular flexibility index (Phi) is 5.84. The molecule has 0 aliphatic rings. The number of quaternary nitrogens is 1. The van der Waals surface area contributed by atoms with Gasteiger partial charge in [0.2, 0.25) is 6.23 Å². The van der Waals surface area contributed by atoms with Gasteiger partial charge in [0.05, 0.1) is 19.6 Å². The van der Waals surface area contributed by atoms with Crippen molar-refractivity contribution in [1.29, 1.82) is 0 Å². The molecular formula is C12H20NO+. The summed E-state index contributed by atoms with van der Waals surface area (Å²) in [5.74, 6) is 0. The van der Waals surface area contributed by atoms with Crippen molar-refractivity contribution >= 4 is 0 Å². The molecule has 2 nitrogen and oxygen atoms in total. The van der Waals surface area contributed by atoms with Gasteiger partial charge in [-0.2, -0.15) is 0 Å². The topological polar surface area (TPSA) is 20.2 Å². The minimum atomic E-state index is -0.607. The molecule has 1 atom stereocenters. The highest BCUT2D eigenvalue weighted by atomic mass is 16.3. The molecule has 0 aromatic rings. The molecule has 0 aromatic heterocycles. The molecule has 0 fully saturated rings. The zero-order valence-corrected chi connectivity index (χ0v) is 8.73. The van der Waals surface area contributed by atoms with Crippen LogP contribution in [0.25, 0.3) is 0 Å². The third-order valence-corrected chi connectivity index (χ3v) is 2.25. The maximum atomic E-state index is 9.87. The van der Waals surface area contributed by atoms with E-state index in [1.165, 1.54) is 6.08 Å². The Morgan fingerprint density at radius 2 is 1.29 bits per heavy atom. The van der Waals surface area contributed by atoms with Crippen molar-refractivity contribution in [3.05, 3.63) is 50.6 Å². The Balaban J connectivity index is 4.87. The van der Waals surface area contributed by atoms with E-state index >= 15 is 0 Å². The van der Waals surface area contributed by atoms with Crippen LogP contribution in [0.1, 0.15) is 0 Å². The molecule has 0 saturated carbocycles. The van der Waals surface area contributed by atoms with Gasteiger partial charge in [-0.05, 0) is 24.3 Å². The number of aliphatic hydroxyl groups is 1. The van der Waals surface area contributed by atoms with Crippen LogP contribution in [0, 0.1) is 0 Å². The molecule has 2 heteroatoms. The smallest absolute Gasteiger partial charge is 0.210 e. The van der Waals surface area contributed by atoms with Gasteiger partial charge < -0.3 is 5.11 Å².